The number of nitro groups is 1. The van der Waals surface area contributed by atoms with E-state index in [9.17, 15) is 10.1 Å². The minimum Gasteiger partial charge on any atom is -0.377 e. The van der Waals surface area contributed by atoms with Gasteiger partial charge in [-0.05, 0) is 31.4 Å². The van der Waals surface area contributed by atoms with E-state index in [0.29, 0.717) is 5.69 Å². The summed E-state index contributed by atoms with van der Waals surface area (Å²) in [4.78, 5) is 21.7. The molecule has 1 saturated heterocycles. The first-order valence-electron chi connectivity index (χ1n) is 8.33. The van der Waals surface area contributed by atoms with Gasteiger partial charge in [0.25, 0.3) is 5.69 Å². The summed E-state index contributed by atoms with van der Waals surface area (Å²) in [6, 6.07) is 7.22. The van der Waals surface area contributed by atoms with Crippen LogP contribution in [0.5, 0.6) is 0 Å². The minimum atomic E-state index is -0.350. The number of anilines is 2. The Hall–Kier alpha value is -2.22. The summed E-state index contributed by atoms with van der Waals surface area (Å²) in [6.07, 6.45) is 4.30. The summed E-state index contributed by atoms with van der Waals surface area (Å²) in [5.41, 5.74) is 1.71. The van der Waals surface area contributed by atoms with Gasteiger partial charge in [-0.15, -0.1) is 0 Å². The van der Waals surface area contributed by atoms with Gasteiger partial charge in [0.1, 0.15) is 17.8 Å². The number of hydrogen-bond acceptors (Lipinski definition) is 6. The molecule has 0 spiro atoms. The number of aryl methyl sites for hydroxylation is 1. The summed E-state index contributed by atoms with van der Waals surface area (Å²) in [7, 11) is 0. The molecule has 2 aromatic rings. The van der Waals surface area contributed by atoms with E-state index in [-0.39, 0.29) is 16.7 Å². The molecule has 1 fully saturated rings. The molecule has 0 atom stereocenters. The minimum absolute atomic E-state index is 0.106. The molecule has 0 radical (unpaired) electrons. The van der Waals surface area contributed by atoms with E-state index in [1.54, 1.807) is 18.5 Å². The number of rotatable bonds is 5. The van der Waals surface area contributed by atoms with Crippen molar-refractivity contribution in [2.75, 3.05) is 23.3 Å². The highest BCUT2D eigenvalue weighted by Crippen LogP contribution is 2.30. The third-order valence-corrected chi connectivity index (χ3v) is 4.90. The molecule has 1 aliphatic heterocycles. The van der Waals surface area contributed by atoms with Crippen LogP contribution in [0.3, 0.4) is 0 Å². The summed E-state index contributed by atoms with van der Waals surface area (Å²) < 4.78 is 0.825. The van der Waals surface area contributed by atoms with Crippen LogP contribution < -0.4 is 10.2 Å². The van der Waals surface area contributed by atoms with Gasteiger partial charge in [0, 0.05) is 41.4 Å². The first-order chi connectivity index (χ1) is 12.1. The Bertz CT molecular complexity index is 762. The van der Waals surface area contributed by atoms with Crippen molar-refractivity contribution in [2.24, 2.45) is 0 Å². The van der Waals surface area contributed by atoms with Gasteiger partial charge >= 0.3 is 0 Å². The molecule has 2 heterocycles. The summed E-state index contributed by atoms with van der Waals surface area (Å²) in [5, 5.41) is 14.5. The van der Waals surface area contributed by atoms with Crippen LogP contribution in [0.2, 0.25) is 0 Å². The quantitative estimate of drug-likeness (QED) is 0.601. The Morgan fingerprint density at radius 2 is 2.08 bits per heavy atom. The predicted octanol–water partition coefficient (Wildman–Crippen LogP) is 3.79. The molecular formula is C17H20BrN5O2. The van der Waals surface area contributed by atoms with Crippen LogP contribution in [0, 0.1) is 10.1 Å². The number of piperidine rings is 1. The van der Waals surface area contributed by atoms with Gasteiger partial charge in [0.05, 0.1) is 4.92 Å². The number of halogens is 1. The molecule has 0 aliphatic carbocycles. The third kappa shape index (κ3) is 4.25. The second kappa shape index (κ2) is 7.77. The van der Waals surface area contributed by atoms with Gasteiger partial charge in [0.2, 0.25) is 0 Å². The highest BCUT2D eigenvalue weighted by atomic mass is 79.9. The maximum Gasteiger partial charge on any atom is 0.292 e. The predicted molar refractivity (Wildman–Crippen MR) is 101 cm³/mol. The fourth-order valence-corrected chi connectivity index (χ4v) is 3.37. The average molecular weight is 406 g/mol. The van der Waals surface area contributed by atoms with E-state index in [0.717, 1.165) is 48.3 Å². The number of nitro benzene ring substituents is 1. The Labute approximate surface area is 154 Å². The number of aromatic nitrogens is 2. The van der Waals surface area contributed by atoms with Crippen molar-refractivity contribution in [1.82, 2.24) is 9.97 Å². The number of nitrogens with zero attached hydrogens (tertiary/aromatic N) is 4. The van der Waals surface area contributed by atoms with E-state index in [1.165, 1.54) is 6.07 Å². The maximum absolute atomic E-state index is 11.2. The SMILES string of the molecule is CCc1cc(N2CCC(Nc3cc(Br)ccc3[N+](=O)[O-])CC2)ncn1. The zero-order valence-electron chi connectivity index (χ0n) is 14.0. The number of nitrogens with one attached hydrogen (secondary N) is 1. The van der Waals surface area contributed by atoms with Crippen molar-refractivity contribution in [2.45, 2.75) is 32.2 Å². The zero-order valence-corrected chi connectivity index (χ0v) is 15.6. The Balaban J connectivity index is 1.65. The van der Waals surface area contributed by atoms with Gasteiger partial charge in [-0.2, -0.15) is 0 Å². The molecular weight excluding hydrogens is 386 g/mol. The first-order valence-corrected chi connectivity index (χ1v) is 9.12. The lowest BCUT2D eigenvalue weighted by molar-refractivity contribution is -0.384. The standard InChI is InChI=1S/C17H20BrN5O2/c1-2-13-10-17(20-11-19-13)22-7-5-14(6-8-22)21-15-9-12(18)3-4-16(15)23(24)25/h3-4,9-11,14,21H,2,5-8H2,1H3. The summed E-state index contributed by atoms with van der Waals surface area (Å²) in [5.74, 6) is 0.957. The first kappa shape index (κ1) is 17.6. The molecule has 1 aromatic heterocycles. The van der Waals surface area contributed by atoms with Gasteiger partial charge in [-0.25, -0.2) is 9.97 Å². The lowest BCUT2D eigenvalue weighted by Gasteiger charge is -2.33. The highest BCUT2D eigenvalue weighted by molar-refractivity contribution is 9.10. The average Bonchev–Trinajstić information content (AvgIpc) is 2.62. The molecule has 0 bridgehead atoms. The van der Waals surface area contributed by atoms with Crippen LogP contribution in [0.25, 0.3) is 0 Å². The van der Waals surface area contributed by atoms with Crippen LogP contribution >= 0.6 is 15.9 Å². The molecule has 1 aliphatic rings. The van der Waals surface area contributed by atoms with Crippen molar-refractivity contribution < 1.29 is 4.92 Å². The van der Waals surface area contributed by atoms with Crippen molar-refractivity contribution in [3.05, 3.63) is 50.9 Å². The monoisotopic (exact) mass is 405 g/mol. The Morgan fingerprint density at radius 1 is 1.32 bits per heavy atom. The van der Waals surface area contributed by atoms with Crippen molar-refractivity contribution in [3.63, 3.8) is 0 Å². The normalized spacial score (nSPS) is 15.2. The van der Waals surface area contributed by atoms with Crippen LogP contribution in [0.1, 0.15) is 25.5 Å². The largest absolute Gasteiger partial charge is 0.377 e. The fraction of sp³-hybridized carbons (Fsp3) is 0.412. The molecule has 25 heavy (non-hydrogen) atoms. The molecule has 0 amide bonds. The summed E-state index contributed by atoms with van der Waals surface area (Å²) in [6.45, 7) is 3.80. The van der Waals surface area contributed by atoms with Crippen molar-refractivity contribution >= 4 is 33.1 Å². The van der Waals surface area contributed by atoms with Crippen LogP contribution in [0.15, 0.2) is 35.1 Å². The lowest BCUT2D eigenvalue weighted by Crippen LogP contribution is -2.39. The fourth-order valence-electron chi connectivity index (χ4n) is 3.01. The molecule has 1 aromatic carbocycles. The maximum atomic E-state index is 11.2. The lowest BCUT2D eigenvalue weighted by atomic mass is 10.0. The Kier molecular flexibility index (Phi) is 5.47. The van der Waals surface area contributed by atoms with E-state index >= 15 is 0 Å². The third-order valence-electron chi connectivity index (χ3n) is 4.41. The van der Waals surface area contributed by atoms with E-state index in [4.69, 9.17) is 0 Å². The van der Waals surface area contributed by atoms with Crippen molar-refractivity contribution in [3.8, 4) is 0 Å². The van der Waals surface area contributed by atoms with Crippen LogP contribution in [-0.4, -0.2) is 34.0 Å². The molecule has 3 rings (SSSR count). The smallest absolute Gasteiger partial charge is 0.292 e. The van der Waals surface area contributed by atoms with Crippen molar-refractivity contribution in [1.29, 1.82) is 0 Å². The van der Waals surface area contributed by atoms with E-state index < -0.39 is 0 Å². The van der Waals surface area contributed by atoms with Crippen LogP contribution in [0.4, 0.5) is 17.2 Å². The van der Waals surface area contributed by atoms with Gasteiger partial charge in [-0.3, -0.25) is 10.1 Å². The second-order valence-corrected chi connectivity index (χ2v) is 6.96. The number of benzene rings is 1. The van der Waals surface area contributed by atoms with E-state index in [2.05, 4.69) is 43.0 Å². The summed E-state index contributed by atoms with van der Waals surface area (Å²) >= 11 is 3.38. The zero-order chi connectivity index (χ0) is 17.8. The van der Waals surface area contributed by atoms with E-state index in [1.807, 2.05) is 6.07 Å². The van der Waals surface area contributed by atoms with Gasteiger partial charge in [-0.1, -0.05) is 22.9 Å². The molecule has 1 N–H and O–H groups in total. The number of hydrogen-bond donors (Lipinski definition) is 1. The molecule has 132 valence electrons. The molecule has 0 saturated carbocycles. The molecule has 0 unspecified atom stereocenters. The topological polar surface area (TPSA) is 84.2 Å². The van der Waals surface area contributed by atoms with Gasteiger partial charge < -0.3 is 10.2 Å². The second-order valence-electron chi connectivity index (χ2n) is 6.05. The Morgan fingerprint density at radius 3 is 2.76 bits per heavy atom. The molecule has 7 nitrogen and oxygen atoms in total. The molecule has 8 heteroatoms. The van der Waals surface area contributed by atoms with Gasteiger partial charge in [0.15, 0.2) is 0 Å². The van der Waals surface area contributed by atoms with Crippen LogP contribution in [-0.2, 0) is 6.42 Å². The highest BCUT2D eigenvalue weighted by Gasteiger charge is 2.23.